The smallest absolute Gasteiger partial charge is 0.264 e. The topological polar surface area (TPSA) is 63.2 Å². The van der Waals surface area contributed by atoms with E-state index in [0.717, 1.165) is 24.8 Å². The number of carbonyl (C=O) groups is 1. The molecule has 1 N–H and O–H groups in total. The molecular formula is C15H21NO3S. The van der Waals surface area contributed by atoms with E-state index in [1.165, 1.54) is 12.1 Å². The second kappa shape index (κ2) is 7.85. The Bertz CT molecular complexity index is 547. The summed E-state index contributed by atoms with van der Waals surface area (Å²) in [6, 6.07) is 6.40. The van der Waals surface area contributed by atoms with Gasteiger partial charge in [0, 0.05) is 6.42 Å². The van der Waals surface area contributed by atoms with Gasteiger partial charge in [-0.1, -0.05) is 30.2 Å². The fraction of sp³-hybridized carbons (Fsp3) is 0.400. The fourth-order valence-electron chi connectivity index (χ4n) is 1.73. The highest BCUT2D eigenvalue weighted by molar-refractivity contribution is 7.90. The Hall–Kier alpha value is -1.62. The van der Waals surface area contributed by atoms with E-state index in [9.17, 15) is 13.2 Å². The number of sulfonamides is 1. The normalized spacial score (nSPS) is 11.1. The lowest BCUT2D eigenvalue weighted by Gasteiger charge is -2.07. The van der Waals surface area contributed by atoms with Gasteiger partial charge in [0.2, 0.25) is 5.91 Å². The van der Waals surface area contributed by atoms with Crippen LogP contribution < -0.4 is 4.72 Å². The molecule has 0 fully saturated rings. The van der Waals surface area contributed by atoms with Crippen LogP contribution in [0.15, 0.2) is 41.8 Å². The van der Waals surface area contributed by atoms with Crippen LogP contribution in [0.1, 0.15) is 37.7 Å². The maximum absolute atomic E-state index is 11.9. The van der Waals surface area contributed by atoms with Gasteiger partial charge in [-0.3, -0.25) is 4.79 Å². The molecule has 0 atom stereocenters. The van der Waals surface area contributed by atoms with Crippen molar-refractivity contribution in [3.63, 3.8) is 0 Å². The molecule has 1 aromatic rings. The second-order valence-electron chi connectivity index (χ2n) is 4.73. The number of hydrogen-bond donors (Lipinski definition) is 1. The molecule has 0 saturated carbocycles. The number of carbonyl (C=O) groups excluding carboxylic acids is 1. The van der Waals surface area contributed by atoms with Crippen molar-refractivity contribution in [3.05, 3.63) is 42.5 Å². The largest absolute Gasteiger partial charge is 0.274 e. The summed E-state index contributed by atoms with van der Waals surface area (Å²) >= 11 is 0. The van der Waals surface area contributed by atoms with Crippen molar-refractivity contribution in [3.8, 4) is 0 Å². The molecule has 20 heavy (non-hydrogen) atoms. The Kier molecular flexibility index (Phi) is 6.45. The summed E-state index contributed by atoms with van der Waals surface area (Å²) in [7, 11) is -3.74. The number of aryl methyl sites for hydroxylation is 1. The van der Waals surface area contributed by atoms with Crippen molar-refractivity contribution < 1.29 is 13.2 Å². The molecule has 0 aliphatic rings. The summed E-state index contributed by atoms with van der Waals surface area (Å²) in [4.78, 5) is 11.7. The van der Waals surface area contributed by atoms with Crippen LogP contribution >= 0.6 is 0 Å². The summed E-state index contributed by atoms with van der Waals surface area (Å²) < 4.78 is 26.0. The van der Waals surface area contributed by atoms with Crippen LogP contribution in [-0.4, -0.2) is 14.3 Å². The second-order valence-corrected chi connectivity index (χ2v) is 6.41. The van der Waals surface area contributed by atoms with E-state index in [2.05, 4.69) is 11.3 Å². The summed E-state index contributed by atoms with van der Waals surface area (Å²) in [5.41, 5.74) is 0.970. The molecule has 0 heterocycles. The summed E-state index contributed by atoms with van der Waals surface area (Å²) in [6.45, 7) is 5.50. The summed E-state index contributed by atoms with van der Waals surface area (Å²) in [5.74, 6) is -0.454. The van der Waals surface area contributed by atoms with E-state index in [0.29, 0.717) is 6.42 Å². The number of allylic oxidation sites excluding steroid dienone is 1. The van der Waals surface area contributed by atoms with E-state index in [1.54, 1.807) is 12.1 Å². The van der Waals surface area contributed by atoms with Crippen LogP contribution in [0, 0.1) is 6.92 Å². The fourth-order valence-corrected chi connectivity index (χ4v) is 2.74. The minimum atomic E-state index is -3.74. The average molecular weight is 295 g/mol. The van der Waals surface area contributed by atoms with Crippen molar-refractivity contribution in [1.29, 1.82) is 0 Å². The third-order valence-electron chi connectivity index (χ3n) is 2.89. The maximum atomic E-state index is 11.9. The van der Waals surface area contributed by atoms with Gasteiger partial charge >= 0.3 is 0 Å². The number of rotatable bonds is 8. The lowest BCUT2D eigenvalue weighted by atomic mass is 10.1. The van der Waals surface area contributed by atoms with Gasteiger partial charge in [-0.2, -0.15) is 0 Å². The molecule has 0 unspecified atom stereocenters. The number of hydrogen-bond acceptors (Lipinski definition) is 3. The monoisotopic (exact) mass is 295 g/mol. The molecule has 1 amide bonds. The van der Waals surface area contributed by atoms with Gasteiger partial charge in [0.15, 0.2) is 0 Å². The van der Waals surface area contributed by atoms with Crippen LogP contribution in [0.2, 0.25) is 0 Å². The molecule has 0 aromatic heterocycles. The van der Waals surface area contributed by atoms with Gasteiger partial charge in [0.25, 0.3) is 10.0 Å². The molecule has 1 aromatic carbocycles. The molecule has 5 heteroatoms. The SMILES string of the molecule is C=CCCCCCC(=O)NS(=O)(=O)c1ccc(C)cc1. The Morgan fingerprint density at radius 2 is 1.85 bits per heavy atom. The van der Waals surface area contributed by atoms with E-state index in [-0.39, 0.29) is 11.3 Å². The first-order valence-corrected chi connectivity index (χ1v) is 8.17. The van der Waals surface area contributed by atoms with Crippen molar-refractivity contribution in [2.75, 3.05) is 0 Å². The molecule has 0 radical (unpaired) electrons. The molecule has 0 saturated heterocycles. The Morgan fingerprint density at radius 1 is 1.20 bits per heavy atom. The zero-order valence-corrected chi connectivity index (χ0v) is 12.6. The minimum Gasteiger partial charge on any atom is -0.274 e. The molecule has 0 aliphatic heterocycles. The van der Waals surface area contributed by atoms with Gasteiger partial charge in [-0.25, -0.2) is 13.1 Å². The van der Waals surface area contributed by atoms with Crippen LogP contribution in [0.4, 0.5) is 0 Å². The lowest BCUT2D eigenvalue weighted by molar-refractivity contribution is -0.119. The van der Waals surface area contributed by atoms with Crippen LogP contribution in [-0.2, 0) is 14.8 Å². The van der Waals surface area contributed by atoms with Gasteiger partial charge in [-0.15, -0.1) is 6.58 Å². The van der Waals surface area contributed by atoms with E-state index in [4.69, 9.17) is 0 Å². The van der Waals surface area contributed by atoms with Crippen molar-refractivity contribution in [2.24, 2.45) is 0 Å². The number of unbranched alkanes of at least 4 members (excludes halogenated alkanes) is 3. The average Bonchev–Trinajstić information content (AvgIpc) is 2.38. The van der Waals surface area contributed by atoms with Crippen LogP contribution in [0.3, 0.4) is 0 Å². The van der Waals surface area contributed by atoms with Crippen molar-refractivity contribution in [2.45, 2.75) is 43.9 Å². The lowest BCUT2D eigenvalue weighted by Crippen LogP contribution is -2.30. The third kappa shape index (κ3) is 5.57. The van der Waals surface area contributed by atoms with Gasteiger partial charge in [0.05, 0.1) is 4.90 Å². The zero-order chi connectivity index (χ0) is 15.0. The molecular weight excluding hydrogens is 274 g/mol. The molecule has 1 rings (SSSR count). The highest BCUT2D eigenvalue weighted by Gasteiger charge is 2.16. The maximum Gasteiger partial charge on any atom is 0.264 e. The first kappa shape index (κ1) is 16.4. The number of amides is 1. The van der Waals surface area contributed by atoms with Crippen LogP contribution in [0.25, 0.3) is 0 Å². The first-order chi connectivity index (χ1) is 9.45. The quantitative estimate of drug-likeness (QED) is 0.592. The first-order valence-electron chi connectivity index (χ1n) is 6.69. The minimum absolute atomic E-state index is 0.114. The molecule has 110 valence electrons. The molecule has 4 nitrogen and oxygen atoms in total. The predicted molar refractivity (Wildman–Crippen MR) is 79.8 cm³/mol. The van der Waals surface area contributed by atoms with E-state index >= 15 is 0 Å². The standard InChI is InChI=1S/C15H21NO3S/c1-3-4-5-6-7-8-15(17)16-20(18,19)14-11-9-13(2)10-12-14/h3,9-12H,1,4-8H2,2H3,(H,16,17). The highest BCUT2D eigenvalue weighted by Crippen LogP contribution is 2.10. The third-order valence-corrected chi connectivity index (χ3v) is 4.28. The van der Waals surface area contributed by atoms with Crippen molar-refractivity contribution >= 4 is 15.9 Å². The highest BCUT2D eigenvalue weighted by atomic mass is 32.2. The van der Waals surface area contributed by atoms with Crippen LogP contribution in [0.5, 0.6) is 0 Å². The molecule has 0 spiro atoms. The Labute approximate surface area is 120 Å². The predicted octanol–water partition coefficient (Wildman–Crippen LogP) is 2.94. The van der Waals surface area contributed by atoms with E-state index in [1.807, 2.05) is 13.0 Å². The molecule has 0 aliphatic carbocycles. The molecule has 0 bridgehead atoms. The van der Waals surface area contributed by atoms with Gasteiger partial charge in [0.1, 0.15) is 0 Å². The van der Waals surface area contributed by atoms with E-state index < -0.39 is 15.9 Å². The number of benzene rings is 1. The van der Waals surface area contributed by atoms with Crippen molar-refractivity contribution in [1.82, 2.24) is 4.72 Å². The Balaban J connectivity index is 2.47. The zero-order valence-electron chi connectivity index (χ0n) is 11.8. The summed E-state index contributed by atoms with van der Waals surface area (Å²) in [6.07, 6.45) is 5.53. The Morgan fingerprint density at radius 3 is 2.45 bits per heavy atom. The number of nitrogens with one attached hydrogen (secondary N) is 1. The van der Waals surface area contributed by atoms with Gasteiger partial charge in [-0.05, 0) is 38.3 Å². The summed E-state index contributed by atoms with van der Waals surface area (Å²) in [5, 5.41) is 0. The van der Waals surface area contributed by atoms with Gasteiger partial charge < -0.3 is 0 Å².